The van der Waals surface area contributed by atoms with Gasteiger partial charge in [-0.1, -0.05) is 18.2 Å². The van der Waals surface area contributed by atoms with Crippen molar-refractivity contribution >= 4 is 40.5 Å². The number of fused-ring (bicyclic) bond motifs is 3. The molecule has 2 aromatic carbocycles. The number of H-pyrrole nitrogens is 1. The molecule has 3 aliphatic rings. The SMILES string of the molecule is COc1ccc2c(c1)[C@]1(C[C@H]1c1ccc3c(C=Cc4ccc(N5CCNCC5)nc4)n[nH]c3c1)C(=O)N2. The number of carbonyl (C=O) groups excluding carboxylic acids is 1. The molecule has 2 aromatic heterocycles. The molecule has 3 N–H and O–H groups in total. The number of rotatable bonds is 5. The molecule has 0 unspecified atom stereocenters. The zero-order valence-corrected chi connectivity index (χ0v) is 20.6. The van der Waals surface area contributed by atoms with Gasteiger partial charge in [-0.25, -0.2) is 4.98 Å². The average Bonchev–Trinajstić information content (AvgIpc) is 3.49. The maximum absolute atomic E-state index is 13.0. The van der Waals surface area contributed by atoms with Crippen molar-refractivity contribution in [3.63, 3.8) is 0 Å². The standard InChI is InChI=1S/C29H28N6O2/c1-37-20-5-8-25-22(15-20)29(28(36)32-25)16-23(29)19-4-6-21-24(33-34-26(21)14-19)7-2-18-3-9-27(31-17-18)35-12-10-30-11-13-35/h2-9,14-15,17,23,30H,10-13,16H2,1H3,(H,32,36)(H,33,34)/t23-,29-/m0/s1. The van der Waals surface area contributed by atoms with Crippen LogP contribution >= 0.6 is 0 Å². The van der Waals surface area contributed by atoms with Crippen LogP contribution in [-0.4, -0.2) is 54.4 Å². The topological polar surface area (TPSA) is 95.2 Å². The number of hydrogen-bond acceptors (Lipinski definition) is 6. The molecule has 1 aliphatic carbocycles. The third kappa shape index (κ3) is 3.59. The van der Waals surface area contributed by atoms with Gasteiger partial charge in [-0.15, -0.1) is 0 Å². The number of methoxy groups -OCH3 is 1. The van der Waals surface area contributed by atoms with Crippen LogP contribution < -0.4 is 20.3 Å². The Morgan fingerprint density at radius 1 is 1.08 bits per heavy atom. The zero-order valence-electron chi connectivity index (χ0n) is 20.6. The molecule has 37 heavy (non-hydrogen) atoms. The van der Waals surface area contributed by atoms with Crippen LogP contribution in [0, 0.1) is 0 Å². The Morgan fingerprint density at radius 3 is 2.78 bits per heavy atom. The Balaban J connectivity index is 1.11. The molecular formula is C29H28N6O2. The van der Waals surface area contributed by atoms with Gasteiger partial charge in [0, 0.05) is 49.4 Å². The van der Waals surface area contributed by atoms with Crippen molar-refractivity contribution < 1.29 is 9.53 Å². The Kier molecular flexibility index (Phi) is 5.04. The van der Waals surface area contributed by atoms with E-state index in [1.807, 2.05) is 36.5 Å². The van der Waals surface area contributed by atoms with Gasteiger partial charge in [0.2, 0.25) is 5.91 Å². The molecule has 186 valence electrons. The largest absolute Gasteiger partial charge is 0.497 e. The van der Waals surface area contributed by atoms with Crippen molar-refractivity contribution in [3.8, 4) is 5.75 Å². The minimum Gasteiger partial charge on any atom is -0.497 e. The summed E-state index contributed by atoms with van der Waals surface area (Å²) in [4.78, 5) is 20.0. The number of amides is 1. The fraction of sp³-hybridized carbons (Fsp3) is 0.276. The van der Waals surface area contributed by atoms with Crippen molar-refractivity contribution in [1.82, 2.24) is 20.5 Å². The van der Waals surface area contributed by atoms with Crippen LogP contribution in [0.3, 0.4) is 0 Å². The van der Waals surface area contributed by atoms with Gasteiger partial charge in [0.25, 0.3) is 0 Å². The molecule has 8 heteroatoms. The molecule has 1 saturated carbocycles. The van der Waals surface area contributed by atoms with E-state index >= 15 is 0 Å². The number of benzene rings is 2. The lowest BCUT2D eigenvalue weighted by Crippen LogP contribution is -2.43. The smallest absolute Gasteiger partial charge is 0.235 e. The zero-order chi connectivity index (χ0) is 25.0. The summed E-state index contributed by atoms with van der Waals surface area (Å²) in [6.45, 7) is 3.95. The lowest BCUT2D eigenvalue weighted by Gasteiger charge is -2.28. The lowest BCUT2D eigenvalue weighted by atomic mass is 9.91. The number of nitrogens with zero attached hydrogens (tertiary/aromatic N) is 3. The van der Waals surface area contributed by atoms with E-state index in [1.54, 1.807) is 7.11 Å². The molecular weight excluding hydrogens is 464 g/mol. The Labute approximate surface area is 214 Å². The quantitative estimate of drug-likeness (QED) is 0.391. The van der Waals surface area contributed by atoms with E-state index in [1.165, 1.54) is 0 Å². The fourth-order valence-electron chi connectivity index (χ4n) is 5.85. The predicted molar refractivity (Wildman–Crippen MR) is 145 cm³/mol. The molecule has 2 aliphatic heterocycles. The first-order valence-corrected chi connectivity index (χ1v) is 12.7. The van der Waals surface area contributed by atoms with Crippen molar-refractivity contribution in [2.24, 2.45) is 0 Å². The summed E-state index contributed by atoms with van der Waals surface area (Å²) >= 11 is 0. The fourth-order valence-corrected chi connectivity index (χ4v) is 5.85. The molecule has 1 saturated heterocycles. The number of anilines is 2. The summed E-state index contributed by atoms with van der Waals surface area (Å²) in [6.07, 6.45) is 6.77. The number of nitrogens with one attached hydrogen (secondary N) is 3. The van der Waals surface area contributed by atoms with Crippen LogP contribution in [0.1, 0.15) is 34.7 Å². The number of carbonyl (C=O) groups is 1. The van der Waals surface area contributed by atoms with Crippen LogP contribution in [0.4, 0.5) is 11.5 Å². The average molecular weight is 493 g/mol. The second-order valence-electron chi connectivity index (χ2n) is 10.0. The second kappa shape index (κ2) is 8.45. The molecule has 7 rings (SSSR count). The van der Waals surface area contributed by atoms with E-state index in [0.29, 0.717) is 0 Å². The summed E-state index contributed by atoms with van der Waals surface area (Å²) in [5.74, 6) is 2.00. The minimum absolute atomic E-state index is 0.0747. The molecule has 2 fully saturated rings. The van der Waals surface area contributed by atoms with Crippen molar-refractivity contribution in [2.75, 3.05) is 43.5 Å². The van der Waals surface area contributed by atoms with E-state index in [2.05, 4.69) is 61.0 Å². The van der Waals surface area contributed by atoms with E-state index in [0.717, 1.165) is 83.1 Å². The normalized spacial score (nSPS) is 22.6. The van der Waals surface area contributed by atoms with Crippen molar-refractivity contribution in [1.29, 1.82) is 0 Å². The number of aromatic nitrogens is 3. The highest BCUT2D eigenvalue weighted by Crippen LogP contribution is 2.65. The van der Waals surface area contributed by atoms with Crippen LogP contribution in [0.25, 0.3) is 23.1 Å². The first-order valence-electron chi connectivity index (χ1n) is 12.7. The number of pyridine rings is 1. The van der Waals surface area contributed by atoms with Crippen molar-refractivity contribution in [2.45, 2.75) is 17.8 Å². The minimum atomic E-state index is -0.510. The van der Waals surface area contributed by atoms with Gasteiger partial charge in [-0.2, -0.15) is 5.10 Å². The van der Waals surface area contributed by atoms with E-state index in [9.17, 15) is 4.79 Å². The van der Waals surface area contributed by atoms with Gasteiger partial charge in [0.1, 0.15) is 11.6 Å². The van der Waals surface area contributed by atoms with Gasteiger partial charge in [0.15, 0.2) is 0 Å². The van der Waals surface area contributed by atoms with Gasteiger partial charge in [-0.3, -0.25) is 9.89 Å². The molecule has 4 heterocycles. The lowest BCUT2D eigenvalue weighted by molar-refractivity contribution is -0.118. The molecule has 2 atom stereocenters. The molecule has 0 bridgehead atoms. The summed E-state index contributed by atoms with van der Waals surface area (Å²) < 4.78 is 5.42. The number of hydrogen-bond donors (Lipinski definition) is 3. The maximum Gasteiger partial charge on any atom is 0.235 e. The monoisotopic (exact) mass is 492 g/mol. The van der Waals surface area contributed by atoms with Gasteiger partial charge in [-0.05, 0) is 65.6 Å². The highest BCUT2D eigenvalue weighted by atomic mass is 16.5. The van der Waals surface area contributed by atoms with E-state index in [-0.39, 0.29) is 11.8 Å². The third-order valence-corrected chi connectivity index (χ3v) is 7.99. The third-order valence-electron chi connectivity index (χ3n) is 7.99. The second-order valence-corrected chi connectivity index (χ2v) is 10.0. The van der Waals surface area contributed by atoms with Gasteiger partial charge in [0.05, 0.1) is 23.7 Å². The summed E-state index contributed by atoms with van der Waals surface area (Å²) in [5.41, 5.74) is 5.44. The van der Waals surface area contributed by atoms with Crippen molar-refractivity contribution in [3.05, 3.63) is 77.1 Å². The van der Waals surface area contributed by atoms with E-state index < -0.39 is 5.41 Å². The number of aromatic amines is 1. The van der Waals surface area contributed by atoms with Crippen LogP contribution in [0.5, 0.6) is 5.75 Å². The Hall–Kier alpha value is -4.17. The van der Waals surface area contributed by atoms with Crippen LogP contribution in [-0.2, 0) is 10.2 Å². The molecule has 1 amide bonds. The van der Waals surface area contributed by atoms with Gasteiger partial charge < -0.3 is 20.3 Å². The van der Waals surface area contributed by atoms with E-state index in [4.69, 9.17) is 4.74 Å². The first-order chi connectivity index (χ1) is 18.2. The maximum atomic E-state index is 13.0. The van der Waals surface area contributed by atoms with Crippen LogP contribution in [0.2, 0.25) is 0 Å². The predicted octanol–water partition coefficient (Wildman–Crippen LogP) is 3.92. The highest BCUT2D eigenvalue weighted by Gasteiger charge is 2.65. The number of piperazine rings is 1. The first kappa shape index (κ1) is 22.1. The summed E-state index contributed by atoms with van der Waals surface area (Å²) in [5, 5.41) is 15.2. The molecule has 8 nitrogen and oxygen atoms in total. The molecule has 4 aromatic rings. The highest BCUT2D eigenvalue weighted by molar-refractivity contribution is 6.10. The van der Waals surface area contributed by atoms with Crippen LogP contribution in [0.15, 0.2) is 54.7 Å². The summed E-state index contributed by atoms with van der Waals surface area (Å²) in [7, 11) is 1.65. The molecule has 0 radical (unpaired) electrons. The van der Waals surface area contributed by atoms with Gasteiger partial charge >= 0.3 is 0 Å². The summed E-state index contributed by atoms with van der Waals surface area (Å²) in [6, 6.07) is 16.4. The Morgan fingerprint density at radius 2 is 1.97 bits per heavy atom. The Bertz CT molecular complexity index is 1540. The number of ether oxygens (including phenoxy) is 1. The molecule has 1 spiro atoms.